The highest BCUT2D eigenvalue weighted by Gasteiger charge is 2.15. The molecular formula is C26H28N4S. The van der Waals surface area contributed by atoms with Crippen LogP contribution in [0.4, 0.5) is 5.69 Å². The average molecular weight is 429 g/mol. The first-order valence-electron chi connectivity index (χ1n) is 10.6. The summed E-state index contributed by atoms with van der Waals surface area (Å²) in [5.41, 5.74) is 8.27. The third-order valence-corrected chi connectivity index (χ3v) is 6.23. The summed E-state index contributed by atoms with van der Waals surface area (Å²) < 4.78 is 0. The Bertz CT molecular complexity index is 1200. The molecule has 0 aliphatic carbocycles. The van der Waals surface area contributed by atoms with E-state index in [9.17, 15) is 0 Å². The number of H-pyrrole nitrogens is 1. The normalized spacial score (nSPS) is 10.9. The van der Waals surface area contributed by atoms with Crippen LogP contribution >= 0.6 is 12.2 Å². The number of pyridine rings is 1. The Kier molecular flexibility index (Phi) is 6.33. The second kappa shape index (κ2) is 9.31. The van der Waals surface area contributed by atoms with Crippen LogP contribution in [0.15, 0.2) is 66.9 Å². The Morgan fingerprint density at radius 2 is 1.81 bits per heavy atom. The molecule has 0 bridgehead atoms. The number of nitrogens with zero attached hydrogens (tertiary/aromatic N) is 2. The number of benzene rings is 2. The van der Waals surface area contributed by atoms with Gasteiger partial charge in [-0.25, -0.2) is 0 Å². The van der Waals surface area contributed by atoms with Gasteiger partial charge in [0.25, 0.3) is 0 Å². The first kappa shape index (κ1) is 21.1. The first-order chi connectivity index (χ1) is 15.0. The molecule has 158 valence electrons. The molecule has 4 nitrogen and oxygen atoms in total. The lowest BCUT2D eigenvalue weighted by Crippen LogP contribution is -2.36. The van der Waals surface area contributed by atoms with Crippen LogP contribution in [0.2, 0.25) is 0 Å². The van der Waals surface area contributed by atoms with E-state index in [1.807, 2.05) is 24.4 Å². The van der Waals surface area contributed by atoms with Crippen LogP contribution < -0.4 is 5.32 Å². The fourth-order valence-corrected chi connectivity index (χ4v) is 4.19. The topological polar surface area (TPSA) is 44.0 Å². The van der Waals surface area contributed by atoms with E-state index >= 15 is 0 Å². The lowest BCUT2D eigenvalue weighted by molar-refractivity contribution is 0.417. The highest BCUT2D eigenvalue weighted by atomic mass is 32.1. The number of aryl methyl sites for hydroxylation is 2. The molecule has 0 atom stereocenters. The van der Waals surface area contributed by atoms with E-state index in [-0.39, 0.29) is 0 Å². The molecule has 5 heteroatoms. The Balaban J connectivity index is 1.57. The summed E-state index contributed by atoms with van der Waals surface area (Å²) in [6.07, 6.45) is 2.73. The SMILES string of the molecule is Cc1cccc(NC(=S)N(CCc2c(C)[nH]c3ccccc23)Cc2ccccn2)c1C. The number of aromatic nitrogens is 2. The number of hydrogen-bond acceptors (Lipinski definition) is 2. The first-order valence-corrected chi connectivity index (χ1v) is 11.0. The van der Waals surface area contributed by atoms with Crippen molar-refractivity contribution in [3.63, 3.8) is 0 Å². The van der Waals surface area contributed by atoms with Crippen molar-refractivity contribution < 1.29 is 0 Å². The zero-order chi connectivity index (χ0) is 21.8. The number of anilines is 1. The van der Waals surface area contributed by atoms with Crippen LogP contribution in [-0.2, 0) is 13.0 Å². The smallest absolute Gasteiger partial charge is 0.173 e. The van der Waals surface area contributed by atoms with Gasteiger partial charge < -0.3 is 15.2 Å². The Morgan fingerprint density at radius 3 is 2.61 bits per heavy atom. The summed E-state index contributed by atoms with van der Waals surface area (Å²) in [5, 5.41) is 5.48. The lowest BCUT2D eigenvalue weighted by atomic mass is 10.1. The van der Waals surface area contributed by atoms with E-state index in [0.717, 1.165) is 29.5 Å². The molecule has 2 heterocycles. The highest BCUT2D eigenvalue weighted by molar-refractivity contribution is 7.80. The molecule has 0 fully saturated rings. The molecule has 4 rings (SSSR count). The van der Waals surface area contributed by atoms with Crippen molar-refractivity contribution in [2.75, 3.05) is 11.9 Å². The molecule has 2 aromatic carbocycles. The Hall–Kier alpha value is -3.18. The fourth-order valence-electron chi connectivity index (χ4n) is 3.92. The minimum Gasteiger partial charge on any atom is -0.358 e. The number of nitrogens with one attached hydrogen (secondary N) is 2. The minimum atomic E-state index is 0.666. The molecule has 0 unspecified atom stereocenters. The molecule has 31 heavy (non-hydrogen) atoms. The van der Waals surface area contributed by atoms with Gasteiger partial charge in [0.15, 0.2) is 5.11 Å². The zero-order valence-electron chi connectivity index (χ0n) is 18.3. The van der Waals surface area contributed by atoms with Crippen LogP contribution in [0.1, 0.15) is 28.1 Å². The number of fused-ring (bicyclic) bond motifs is 1. The summed E-state index contributed by atoms with van der Waals surface area (Å²) in [6.45, 7) is 7.85. The van der Waals surface area contributed by atoms with Crippen LogP contribution in [0.3, 0.4) is 0 Å². The van der Waals surface area contributed by atoms with Crippen molar-refractivity contribution in [2.24, 2.45) is 0 Å². The molecule has 0 amide bonds. The zero-order valence-corrected chi connectivity index (χ0v) is 19.1. The van der Waals surface area contributed by atoms with Crippen LogP contribution in [0, 0.1) is 20.8 Å². The molecular weight excluding hydrogens is 400 g/mol. The number of rotatable bonds is 6. The van der Waals surface area contributed by atoms with Crippen LogP contribution in [0.5, 0.6) is 0 Å². The molecule has 0 saturated carbocycles. The van der Waals surface area contributed by atoms with Crippen molar-refractivity contribution in [1.82, 2.24) is 14.9 Å². The third kappa shape index (κ3) is 4.78. The largest absolute Gasteiger partial charge is 0.358 e. The molecule has 0 spiro atoms. The van der Waals surface area contributed by atoms with E-state index in [2.05, 4.69) is 83.4 Å². The second-order valence-electron chi connectivity index (χ2n) is 7.94. The quantitative estimate of drug-likeness (QED) is 0.374. The van der Waals surface area contributed by atoms with Gasteiger partial charge >= 0.3 is 0 Å². The second-order valence-corrected chi connectivity index (χ2v) is 8.33. The summed E-state index contributed by atoms with van der Waals surface area (Å²) in [5.74, 6) is 0. The fraction of sp³-hybridized carbons (Fsp3) is 0.231. The molecule has 0 aliphatic rings. The molecule has 0 saturated heterocycles. The molecule has 2 N–H and O–H groups in total. The summed E-state index contributed by atoms with van der Waals surface area (Å²) in [6, 6.07) is 20.7. The number of aromatic amines is 1. The maximum absolute atomic E-state index is 5.86. The Morgan fingerprint density at radius 1 is 1.00 bits per heavy atom. The summed E-state index contributed by atoms with van der Waals surface area (Å²) >= 11 is 5.86. The maximum Gasteiger partial charge on any atom is 0.173 e. The van der Waals surface area contributed by atoms with Crippen molar-refractivity contribution >= 4 is 33.9 Å². The van der Waals surface area contributed by atoms with E-state index in [1.54, 1.807) is 0 Å². The van der Waals surface area contributed by atoms with Gasteiger partial charge in [0.2, 0.25) is 0 Å². The number of para-hydroxylation sites is 1. The summed E-state index contributed by atoms with van der Waals surface area (Å²) in [7, 11) is 0. The van der Waals surface area contributed by atoms with E-state index in [0.29, 0.717) is 6.54 Å². The van der Waals surface area contributed by atoms with Gasteiger partial charge in [0.1, 0.15) is 0 Å². The molecule has 4 aromatic rings. The minimum absolute atomic E-state index is 0.666. The Labute approximate surface area is 189 Å². The van der Waals surface area contributed by atoms with Gasteiger partial charge in [0.05, 0.1) is 12.2 Å². The van der Waals surface area contributed by atoms with Gasteiger partial charge in [0, 0.05) is 35.0 Å². The lowest BCUT2D eigenvalue weighted by Gasteiger charge is -2.26. The van der Waals surface area contributed by atoms with Crippen molar-refractivity contribution in [1.29, 1.82) is 0 Å². The van der Waals surface area contributed by atoms with Gasteiger partial charge in [-0.05, 0) is 80.4 Å². The third-order valence-electron chi connectivity index (χ3n) is 5.87. The van der Waals surface area contributed by atoms with Crippen LogP contribution in [-0.4, -0.2) is 26.5 Å². The van der Waals surface area contributed by atoms with E-state index in [4.69, 9.17) is 12.2 Å². The van der Waals surface area contributed by atoms with E-state index in [1.165, 1.54) is 33.3 Å². The number of hydrogen-bond donors (Lipinski definition) is 2. The van der Waals surface area contributed by atoms with Gasteiger partial charge in [-0.2, -0.15) is 0 Å². The molecule has 2 aromatic heterocycles. The van der Waals surface area contributed by atoms with Crippen molar-refractivity contribution in [3.05, 3.63) is 94.9 Å². The van der Waals surface area contributed by atoms with Crippen LogP contribution in [0.25, 0.3) is 10.9 Å². The maximum atomic E-state index is 5.86. The monoisotopic (exact) mass is 428 g/mol. The predicted octanol–water partition coefficient (Wildman–Crippen LogP) is 5.93. The van der Waals surface area contributed by atoms with Gasteiger partial charge in [-0.3, -0.25) is 4.98 Å². The standard InChI is InChI=1S/C26H28N4S/c1-18-9-8-13-24(19(18)2)29-26(31)30(17-21-10-6-7-15-27-21)16-14-22-20(3)28-25-12-5-4-11-23(22)25/h4-13,15,28H,14,16-17H2,1-3H3,(H,29,31). The average Bonchev–Trinajstić information content (AvgIpc) is 3.10. The summed E-state index contributed by atoms with van der Waals surface area (Å²) in [4.78, 5) is 10.2. The highest BCUT2D eigenvalue weighted by Crippen LogP contribution is 2.23. The van der Waals surface area contributed by atoms with Crippen molar-refractivity contribution in [3.8, 4) is 0 Å². The number of thiocarbonyl (C=S) groups is 1. The molecule has 0 radical (unpaired) electrons. The predicted molar refractivity (Wildman–Crippen MR) is 134 cm³/mol. The van der Waals surface area contributed by atoms with Gasteiger partial charge in [-0.15, -0.1) is 0 Å². The van der Waals surface area contributed by atoms with Gasteiger partial charge in [-0.1, -0.05) is 36.4 Å². The van der Waals surface area contributed by atoms with Crippen molar-refractivity contribution in [2.45, 2.75) is 33.7 Å². The molecule has 0 aliphatic heterocycles. The van der Waals surface area contributed by atoms with E-state index < -0.39 is 0 Å².